The molecule has 1 atom stereocenters. The second-order valence-electron chi connectivity index (χ2n) is 9.38. The molecule has 11 heteroatoms. The predicted molar refractivity (Wildman–Crippen MR) is 137 cm³/mol. The van der Waals surface area contributed by atoms with Crippen LogP contribution in [0, 0.1) is 50.4 Å². The molecule has 1 amide bonds. The Hall–Kier alpha value is -2.45. The first-order valence-corrected chi connectivity index (χ1v) is 11.4. The quantitative estimate of drug-likeness (QED) is 0.212. The van der Waals surface area contributed by atoms with Crippen LogP contribution in [-0.2, 0) is 11.0 Å². The van der Waals surface area contributed by atoms with E-state index in [4.69, 9.17) is 15.6 Å². The number of aromatic nitrogens is 1. The van der Waals surface area contributed by atoms with Gasteiger partial charge in [0.05, 0.1) is 18.0 Å². The van der Waals surface area contributed by atoms with Crippen molar-refractivity contribution >= 4 is 5.91 Å². The molecule has 3 aromatic rings. The molecule has 0 spiro atoms. The molecule has 0 aliphatic heterocycles. The SMILES string of the molecule is CC(C)(N)c1cc(-c2ccc(F)cc2)nc(C(C)(CNC(=O)c2cc[c-]c(OCCO)c2)C(F)(F)F)c1.[CH3-].[U+2]. The molecule has 0 saturated heterocycles. The van der Waals surface area contributed by atoms with Crippen LogP contribution in [0.4, 0.5) is 17.6 Å². The molecule has 0 bridgehead atoms. The van der Waals surface area contributed by atoms with Gasteiger partial charge in [0.25, 0.3) is 0 Å². The minimum atomic E-state index is -4.80. The van der Waals surface area contributed by atoms with Crippen molar-refractivity contribution in [2.75, 3.05) is 19.8 Å². The fourth-order valence-electron chi connectivity index (χ4n) is 3.47. The normalized spacial score (nSPS) is 12.9. The molecular weight excluding hydrogens is 740 g/mol. The monoisotopic (exact) mass is 771 g/mol. The second-order valence-corrected chi connectivity index (χ2v) is 9.38. The van der Waals surface area contributed by atoms with E-state index in [9.17, 15) is 22.4 Å². The maximum absolute atomic E-state index is 14.5. The molecule has 0 saturated carbocycles. The smallest absolute Gasteiger partial charge is 0.517 e. The number of hydrogen-bond donors (Lipinski definition) is 3. The van der Waals surface area contributed by atoms with Gasteiger partial charge in [-0.2, -0.15) is 25.3 Å². The summed E-state index contributed by atoms with van der Waals surface area (Å²) in [5, 5.41) is 11.2. The van der Waals surface area contributed by atoms with Crippen LogP contribution < -0.4 is 15.8 Å². The van der Waals surface area contributed by atoms with E-state index in [1.807, 2.05) is 0 Å². The molecular formula is C28H31F4N3O3U. The minimum absolute atomic E-state index is 0. The molecule has 2 aromatic carbocycles. The Morgan fingerprint density at radius 1 is 1.10 bits per heavy atom. The first-order valence-electron chi connectivity index (χ1n) is 11.4. The summed E-state index contributed by atoms with van der Waals surface area (Å²) >= 11 is 0. The number of benzene rings is 2. The van der Waals surface area contributed by atoms with E-state index in [0.717, 1.165) is 6.92 Å². The standard InChI is InChI=1S/C27H28F4N3O3.CH3.U/c1-25(2,32)19-14-22(17-7-9-20(28)10-8-17)34-23(15-19)26(3,27(29,30)31)16-33-24(36)18-5-4-6-21(13-18)37-12-11-35;;/h4-5,7-10,13-15,35H,11-12,16,32H2,1-3H3,(H,33,36);1H3;/q2*-1;+2. The first kappa shape index (κ1) is 34.6. The number of aliphatic hydroxyl groups is 1. The largest absolute Gasteiger partial charge is 2.00 e. The van der Waals surface area contributed by atoms with Gasteiger partial charge < -0.3 is 28.3 Å². The summed E-state index contributed by atoms with van der Waals surface area (Å²) in [7, 11) is 0. The maximum atomic E-state index is 14.5. The van der Waals surface area contributed by atoms with E-state index in [0.29, 0.717) is 11.1 Å². The second kappa shape index (κ2) is 13.8. The van der Waals surface area contributed by atoms with Gasteiger partial charge in [-0.05, 0) is 62.7 Å². The number of halogens is 4. The first-order chi connectivity index (χ1) is 17.2. The van der Waals surface area contributed by atoms with Crippen molar-refractivity contribution in [1.82, 2.24) is 10.3 Å². The zero-order chi connectivity index (χ0) is 27.4. The number of hydrogen-bond acceptors (Lipinski definition) is 5. The molecule has 1 aromatic heterocycles. The number of aliphatic hydroxyl groups excluding tert-OH is 1. The number of nitrogens with two attached hydrogens (primary N) is 1. The number of carbonyl (C=O) groups is 1. The fourth-order valence-corrected chi connectivity index (χ4v) is 3.47. The van der Waals surface area contributed by atoms with E-state index < -0.39 is 35.4 Å². The van der Waals surface area contributed by atoms with E-state index in [2.05, 4.69) is 16.4 Å². The van der Waals surface area contributed by atoms with Crippen molar-refractivity contribution in [2.45, 2.75) is 37.9 Å². The van der Waals surface area contributed by atoms with Crippen LogP contribution in [0.25, 0.3) is 11.3 Å². The summed E-state index contributed by atoms with van der Waals surface area (Å²) in [6.07, 6.45) is -4.80. The van der Waals surface area contributed by atoms with Gasteiger partial charge in [0.15, 0.2) is 0 Å². The molecule has 0 aliphatic carbocycles. The maximum Gasteiger partial charge on any atom is 2.00 e. The van der Waals surface area contributed by atoms with Gasteiger partial charge in [0, 0.05) is 23.4 Å². The molecule has 0 aliphatic rings. The molecule has 1 unspecified atom stereocenters. The third kappa shape index (κ3) is 8.52. The molecule has 208 valence electrons. The third-order valence-corrected chi connectivity index (χ3v) is 5.89. The van der Waals surface area contributed by atoms with Crippen molar-refractivity contribution in [3.8, 4) is 17.0 Å². The summed E-state index contributed by atoms with van der Waals surface area (Å²) in [5.41, 5.74) is 3.35. The number of ether oxygens (including phenoxy) is 1. The van der Waals surface area contributed by atoms with E-state index in [1.54, 1.807) is 19.9 Å². The molecule has 39 heavy (non-hydrogen) atoms. The molecule has 3 rings (SSSR count). The average molecular weight is 772 g/mol. The van der Waals surface area contributed by atoms with Gasteiger partial charge in [-0.3, -0.25) is 9.78 Å². The molecule has 1 heterocycles. The molecule has 4 N–H and O–H groups in total. The number of rotatable bonds is 9. The minimum Gasteiger partial charge on any atom is -0.517 e. The number of nitrogens with one attached hydrogen (secondary N) is 1. The fraction of sp³-hybridized carbons (Fsp3) is 0.321. The van der Waals surface area contributed by atoms with Crippen molar-refractivity contribution in [3.05, 3.63) is 90.7 Å². The third-order valence-electron chi connectivity index (χ3n) is 5.89. The van der Waals surface area contributed by atoms with Crippen molar-refractivity contribution in [1.29, 1.82) is 0 Å². The summed E-state index contributed by atoms with van der Waals surface area (Å²) in [6.45, 7) is 3.16. The Balaban J connectivity index is 0.00000380. The van der Waals surface area contributed by atoms with Crippen molar-refractivity contribution in [2.24, 2.45) is 5.73 Å². The van der Waals surface area contributed by atoms with Gasteiger partial charge >= 0.3 is 37.3 Å². The number of nitrogens with zero attached hydrogens (tertiary/aromatic N) is 1. The van der Waals surface area contributed by atoms with Crippen LogP contribution in [0.2, 0.25) is 0 Å². The Kier molecular flexibility index (Phi) is 12.2. The van der Waals surface area contributed by atoms with Gasteiger partial charge in [-0.25, -0.2) is 4.39 Å². The summed E-state index contributed by atoms with van der Waals surface area (Å²) in [4.78, 5) is 17.0. The van der Waals surface area contributed by atoms with Gasteiger partial charge in [0.2, 0.25) is 5.91 Å². The average Bonchev–Trinajstić information content (AvgIpc) is 2.85. The number of alkyl halides is 3. The zero-order valence-electron chi connectivity index (χ0n) is 22.1. The van der Waals surface area contributed by atoms with Crippen molar-refractivity contribution < 1.29 is 63.3 Å². The molecule has 0 fully saturated rings. The summed E-state index contributed by atoms with van der Waals surface area (Å²) < 4.78 is 62.3. The number of amides is 1. The van der Waals surface area contributed by atoms with Crippen LogP contribution in [-0.4, -0.2) is 41.9 Å². The van der Waals surface area contributed by atoms with Gasteiger partial charge in [-0.15, -0.1) is 12.1 Å². The Bertz CT molecular complexity index is 1250. The van der Waals surface area contributed by atoms with Crippen LogP contribution in [0.1, 0.15) is 42.4 Å². The van der Waals surface area contributed by atoms with Crippen LogP contribution in [0.5, 0.6) is 5.75 Å². The summed E-state index contributed by atoms with van der Waals surface area (Å²) in [5.74, 6) is -1.08. The van der Waals surface area contributed by atoms with Crippen LogP contribution >= 0.6 is 0 Å². The van der Waals surface area contributed by atoms with Gasteiger partial charge in [0.1, 0.15) is 17.8 Å². The summed E-state index contributed by atoms with van der Waals surface area (Å²) in [6, 6.07) is 14.9. The Morgan fingerprint density at radius 2 is 1.74 bits per heavy atom. The number of pyridine rings is 1. The van der Waals surface area contributed by atoms with E-state index in [1.165, 1.54) is 48.5 Å². The molecule has 6 nitrogen and oxygen atoms in total. The van der Waals surface area contributed by atoms with Crippen LogP contribution in [0.3, 0.4) is 0 Å². The molecule has 0 radical (unpaired) electrons. The zero-order valence-corrected chi connectivity index (χ0v) is 26.3. The van der Waals surface area contributed by atoms with Gasteiger partial charge in [-0.1, -0.05) is 5.56 Å². The Morgan fingerprint density at radius 3 is 2.31 bits per heavy atom. The van der Waals surface area contributed by atoms with E-state index in [-0.39, 0.29) is 74.5 Å². The van der Waals surface area contributed by atoms with E-state index >= 15 is 0 Å². The Labute approximate surface area is 249 Å². The van der Waals surface area contributed by atoms with Crippen LogP contribution in [0.15, 0.2) is 54.6 Å². The van der Waals surface area contributed by atoms with Crippen molar-refractivity contribution in [3.63, 3.8) is 0 Å². The topological polar surface area (TPSA) is 97.5 Å². The predicted octanol–water partition coefficient (Wildman–Crippen LogP) is 4.95. The number of carbonyl (C=O) groups excluding carboxylic acids is 1.